The molecule has 5 heterocycles. The van der Waals surface area contributed by atoms with Gasteiger partial charge in [-0.15, -0.1) is 0 Å². The minimum Gasteiger partial charge on any atom is -0.488 e. The normalized spacial score (nSPS) is 21.0. The molecule has 0 radical (unpaired) electrons. The number of benzene rings is 2. The van der Waals surface area contributed by atoms with E-state index in [0.29, 0.717) is 46.6 Å². The van der Waals surface area contributed by atoms with Crippen LogP contribution in [0.15, 0.2) is 41.0 Å². The number of sulfonamides is 1. The highest BCUT2D eigenvalue weighted by molar-refractivity contribution is 9.10. The molecule has 0 amide bonds. The second kappa shape index (κ2) is 12.2. The van der Waals surface area contributed by atoms with Gasteiger partial charge in [-0.2, -0.15) is 4.98 Å². The van der Waals surface area contributed by atoms with Crippen LogP contribution in [0.4, 0.5) is 34.5 Å². The number of fused-ring (bicyclic) bond motifs is 2. The Hall–Kier alpha value is -3.13. The second-order valence-corrected chi connectivity index (χ2v) is 15.4. The van der Waals surface area contributed by atoms with Crippen LogP contribution in [-0.2, 0) is 22.9 Å². The van der Waals surface area contributed by atoms with Gasteiger partial charge in [-0.05, 0) is 72.9 Å². The number of likely N-dealkylation sites (N-methyl/N-ethyl adjacent to an activating group) is 1. The summed E-state index contributed by atoms with van der Waals surface area (Å²) in [5, 5.41) is 6.76. The van der Waals surface area contributed by atoms with Crippen molar-refractivity contribution in [2.24, 2.45) is 0 Å². The molecule has 1 atom stereocenters. The largest absolute Gasteiger partial charge is 0.488 e. The lowest BCUT2D eigenvalue weighted by Crippen LogP contribution is -2.52. The van der Waals surface area contributed by atoms with Crippen LogP contribution in [0.25, 0.3) is 0 Å². The van der Waals surface area contributed by atoms with E-state index in [2.05, 4.69) is 72.4 Å². The molecule has 0 aliphatic carbocycles. The Labute approximate surface area is 274 Å². The van der Waals surface area contributed by atoms with Crippen molar-refractivity contribution in [3.8, 4) is 5.75 Å². The number of aromatic nitrogens is 2. The Kier molecular flexibility index (Phi) is 8.30. The molecular weight excluding hydrogens is 656 g/mol. The van der Waals surface area contributed by atoms with Crippen LogP contribution in [0, 0.1) is 0 Å². The Bertz CT molecular complexity index is 1690. The van der Waals surface area contributed by atoms with Crippen molar-refractivity contribution in [2.75, 3.05) is 79.0 Å². The molecule has 2 N–H and O–H groups in total. The maximum absolute atomic E-state index is 12.5. The van der Waals surface area contributed by atoms with Gasteiger partial charge < -0.3 is 25.2 Å². The average Bonchev–Trinajstić information content (AvgIpc) is 3.64. The lowest BCUT2D eigenvalue weighted by atomic mass is 9.99. The fraction of sp³-hybridized carbons (Fsp3) is 0.500. The third kappa shape index (κ3) is 6.19. The molecule has 0 bridgehead atoms. The third-order valence-electron chi connectivity index (χ3n) is 9.50. The van der Waals surface area contributed by atoms with Crippen molar-refractivity contribution in [1.82, 2.24) is 19.8 Å². The summed E-state index contributed by atoms with van der Waals surface area (Å²) in [5.41, 5.74) is 5.68. The van der Waals surface area contributed by atoms with Crippen LogP contribution in [-0.4, -0.2) is 99.4 Å². The molecule has 1 aromatic heterocycles. The molecule has 11 nitrogen and oxygen atoms in total. The summed E-state index contributed by atoms with van der Waals surface area (Å²) in [5.74, 6) is 1.82. The fourth-order valence-electron chi connectivity index (χ4n) is 7.15. The van der Waals surface area contributed by atoms with E-state index in [4.69, 9.17) is 9.72 Å². The Morgan fingerprint density at radius 3 is 2.51 bits per heavy atom. The zero-order valence-corrected chi connectivity index (χ0v) is 28.5. The summed E-state index contributed by atoms with van der Waals surface area (Å²) in [6.45, 7) is 9.31. The number of hydrogen-bond acceptors (Lipinski definition) is 10. The average molecular weight is 698 g/mol. The number of piperazine rings is 1. The zero-order chi connectivity index (χ0) is 31.3. The predicted molar refractivity (Wildman–Crippen MR) is 183 cm³/mol. The van der Waals surface area contributed by atoms with Crippen LogP contribution in [0.1, 0.15) is 30.9 Å². The number of hydrogen-bond donors (Lipinski definition) is 2. The number of ether oxygens (including phenoxy) is 1. The van der Waals surface area contributed by atoms with Gasteiger partial charge in [-0.1, -0.05) is 12.1 Å². The molecule has 7 rings (SSSR count). The summed E-state index contributed by atoms with van der Waals surface area (Å²) in [4.78, 5) is 16.9. The predicted octanol–water partition coefficient (Wildman–Crippen LogP) is 4.59. The van der Waals surface area contributed by atoms with E-state index >= 15 is 0 Å². The van der Waals surface area contributed by atoms with Crippen molar-refractivity contribution >= 4 is 60.5 Å². The monoisotopic (exact) mass is 696 g/mol. The van der Waals surface area contributed by atoms with Gasteiger partial charge in [0.1, 0.15) is 17.7 Å². The highest BCUT2D eigenvalue weighted by Gasteiger charge is 2.32. The van der Waals surface area contributed by atoms with E-state index in [-0.39, 0.29) is 6.10 Å². The summed E-state index contributed by atoms with van der Waals surface area (Å²) in [6.07, 6.45) is 6.92. The molecule has 4 aliphatic rings. The van der Waals surface area contributed by atoms with Gasteiger partial charge in [0.15, 0.2) is 0 Å². The lowest BCUT2D eigenvalue weighted by Gasteiger charge is -2.43. The van der Waals surface area contributed by atoms with Gasteiger partial charge >= 0.3 is 0 Å². The fourth-order valence-corrected chi connectivity index (χ4v) is 8.41. The van der Waals surface area contributed by atoms with Crippen molar-refractivity contribution < 1.29 is 13.2 Å². The molecule has 0 spiro atoms. The van der Waals surface area contributed by atoms with E-state index in [1.165, 1.54) is 47.7 Å². The topological polar surface area (TPSA) is 106 Å². The van der Waals surface area contributed by atoms with Gasteiger partial charge in [0.05, 0.1) is 27.8 Å². The highest BCUT2D eigenvalue weighted by Crippen LogP contribution is 2.44. The maximum atomic E-state index is 12.5. The molecular formula is C32H41BrN8O3S. The van der Waals surface area contributed by atoms with Crippen LogP contribution < -0.4 is 24.6 Å². The van der Waals surface area contributed by atoms with Gasteiger partial charge in [-0.3, -0.25) is 9.21 Å². The highest BCUT2D eigenvalue weighted by atomic mass is 79.9. The summed E-state index contributed by atoms with van der Waals surface area (Å²) in [6, 6.07) is 10.7. The number of nitrogens with zero attached hydrogens (tertiary/aromatic N) is 6. The first-order chi connectivity index (χ1) is 21.6. The molecule has 4 aliphatic heterocycles. The van der Waals surface area contributed by atoms with Crippen LogP contribution >= 0.6 is 15.9 Å². The molecule has 3 aromatic rings. The first-order valence-electron chi connectivity index (χ1n) is 15.8. The number of rotatable bonds is 7. The Balaban J connectivity index is 1.09. The van der Waals surface area contributed by atoms with E-state index in [0.717, 1.165) is 49.6 Å². The number of para-hydroxylation sites is 1. The quantitative estimate of drug-likeness (QED) is 0.365. The molecule has 0 saturated carbocycles. The van der Waals surface area contributed by atoms with E-state index in [1.807, 2.05) is 18.2 Å². The Morgan fingerprint density at radius 2 is 1.76 bits per heavy atom. The maximum Gasteiger partial charge on any atom is 0.232 e. The van der Waals surface area contributed by atoms with Crippen LogP contribution in [0.5, 0.6) is 5.75 Å². The van der Waals surface area contributed by atoms with Crippen molar-refractivity contribution in [3.63, 3.8) is 0 Å². The molecule has 240 valence electrons. The standard InChI is InChI=1S/C32H41BrN8O3S/c1-21-19-24-28(40-12-10-23(11-13-40)39-17-15-38(2)16-18-39)8-7-27(30(24)44-21)36-32-34-20-25(33)31(37-32)35-26-6-4-5-22-9-14-41(29(22)26)45(3,42)43/h4-8,20-21,23H,9-19H2,1-3H3,(H2,34,35,36,37). The summed E-state index contributed by atoms with van der Waals surface area (Å²) >= 11 is 3.57. The minimum atomic E-state index is -3.41. The first kappa shape index (κ1) is 30.5. The van der Waals surface area contributed by atoms with Crippen LogP contribution in [0.2, 0.25) is 0 Å². The molecule has 2 saturated heterocycles. The smallest absolute Gasteiger partial charge is 0.232 e. The molecule has 13 heteroatoms. The van der Waals surface area contributed by atoms with Gasteiger partial charge in [-0.25, -0.2) is 13.4 Å². The number of nitrogens with one attached hydrogen (secondary N) is 2. The third-order valence-corrected chi connectivity index (χ3v) is 11.2. The second-order valence-electron chi connectivity index (χ2n) is 12.7. The van der Waals surface area contributed by atoms with E-state index < -0.39 is 10.0 Å². The van der Waals surface area contributed by atoms with Gasteiger partial charge in [0, 0.05) is 75.7 Å². The zero-order valence-electron chi connectivity index (χ0n) is 26.1. The van der Waals surface area contributed by atoms with Crippen molar-refractivity contribution in [3.05, 3.63) is 52.1 Å². The van der Waals surface area contributed by atoms with Gasteiger partial charge in [0.25, 0.3) is 0 Å². The van der Waals surface area contributed by atoms with E-state index in [9.17, 15) is 8.42 Å². The lowest BCUT2D eigenvalue weighted by molar-refractivity contribution is 0.0982. The summed E-state index contributed by atoms with van der Waals surface area (Å²) < 4.78 is 33.5. The van der Waals surface area contributed by atoms with Crippen molar-refractivity contribution in [2.45, 2.75) is 44.8 Å². The SMILES string of the molecule is CC1Cc2c(N3CCC(N4CCN(C)CC4)CC3)ccc(Nc3ncc(Br)c(Nc4cccc5c4N(S(C)(=O)=O)CC5)n3)c2O1. The van der Waals surface area contributed by atoms with Crippen molar-refractivity contribution in [1.29, 1.82) is 0 Å². The van der Waals surface area contributed by atoms with Gasteiger partial charge in [0.2, 0.25) is 16.0 Å². The Morgan fingerprint density at radius 1 is 0.978 bits per heavy atom. The molecule has 45 heavy (non-hydrogen) atoms. The molecule has 2 fully saturated rings. The summed E-state index contributed by atoms with van der Waals surface area (Å²) in [7, 11) is -1.19. The van der Waals surface area contributed by atoms with Crippen LogP contribution in [0.3, 0.4) is 0 Å². The molecule has 2 aromatic carbocycles. The molecule has 1 unspecified atom stereocenters. The number of halogens is 1. The van der Waals surface area contributed by atoms with E-state index in [1.54, 1.807) is 6.20 Å². The number of anilines is 6. The minimum absolute atomic E-state index is 0.0885. The first-order valence-corrected chi connectivity index (χ1v) is 18.4. The number of piperidine rings is 1.